The monoisotopic (exact) mass is 386 g/mol. The summed E-state index contributed by atoms with van der Waals surface area (Å²) in [6, 6.07) is 8.25. The van der Waals surface area contributed by atoms with Gasteiger partial charge in [-0.1, -0.05) is 12.1 Å². The maximum atomic E-state index is 12.8. The highest BCUT2D eigenvalue weighted by Gasteiger charge is 2.30. The maximum absolute atomic E-state index is 12.8. The van der Waals surface area contributed by atoms with E-state index in [1.807, 2.05) is 0 Å². The number of hydrogen-bond donors (Lipinski definition) is 1. The van der Waals surface area contributed by atoms with Crippen LogP contribution in [0, 0.1) is 6.92 Å². The van der Waals surface area contributed by atoms with Crippen molar-refractivity contribution in [2.45, 2.75) is 18.0 Å². The largest absolute Gasteiger partial charge is 0.416 e. The summed E-state index contributed by atoms with van der Waals surface area (Å²) in [6.45, 7) is 1.60. The second kappa shape index (κ2) is 7.08. The number of nitrogens with zero attached hydrogens (tertiary/aromatic N) is 1. The number of hydrogen-bond acceptors (Lipinski definition) is 3. The number of alkyl halides is 3. The predicted octanol–water partition coefficient (Wildman–Crippen LogP) is 3.52. The van der Waals surface area contributed by atoms with Crippen LogP contribution in [0.1, 0.15) is 21.5 Å². The highest BCUT2D eigenvalue weighted by Crippen LogP contribution is 2.31. The molecule has 0 aliphatic rings. The number of carbonyl (C=O) groups excluding carboxylic acids is 1. The van der Waals surface area contributed by atoms with Crippen molar-refractivity contribution >= 4 is 21.6 Å². The molecule has 1 amide bonds. The summed E-state index contributed by atoms with van der Waals surface area (Å²) in [7, 11) is -1.03. The fourth-order valence-corrected chi connectivity index (χ4v) is 3.12. The van der Waals surface area contributed by atoms with Gasteiger partial charge in [0.2, 0.25) is 10.0 Å². The number of nitrogens with one attached hydrogen (secondary N) is 1. The number of anilines is 1. The number of rotatable bonds is 4. The second-order valence-electron chi connectivity index (χ2n) is 5.80. The molecule has 140 valence electrons. The van der Waals surface area contributed by atoms with Crippen molar-refractivity contribution in [3.8, 4) is 0 Å². The van der Waals surface area contributed by atoms with Gasteiger partial charge in [-0.05, 0) is 42.8 Å². The van der Waals surface area contributed by atoms with Gasteiger partial charge in [0.15, 0.2) is 0 Å². The molecule has 0 heterocycles. The van der Waals surface area contributed by atoms with Gasteiger partial charge in [0.1, 0.15) is 0 Å². The lowest BCUT2D eigenvalue weighted by molar-refractivity contribution is -0.137. The van der Waals surface area contributed by atoms with Gasteiger partial charge < -0.3 is 5.32 Å². The van der Waals surface area contributed by atoms with Crippen molar-refractivity contribution in [2.24, 2.45) is 0 Å². The minimum absolute atomic E-state index is 0.0369. The Bertz CT molecular complexity index is 939. The third-order valence-electron chi connectivity index (χ3n) is 3.68. The molecule has 0 saturated heterocycles. The van der Waals surface area contributed by atoms with Gasteiger partial charge in [0.25, 0.3) is 5.91 Å². The van der Waals surface area contributed by atoms with Crippen LogP contribution in [-0.4, -0.2) is 32.7 Å². The van der Waals surface area contributed by atoms with E-state index in [2.05, 4.69) is 5.32 Å². The van der Waals surface area contributed by atoms with Crippen molar-refractivity contribution in [1.82, 2.24) is 4.31 Å². The molecule has 26 heavy (non-hydrogen) atoms. The number of sulfonamides is 1. The first-order valence-electron chi connectivity index (χ1n) is 7.44. The van der Waals surface area contributed by atoms with Gasteiger partial charge in [-0.15, -0.1) is 0 Å². The van der Waals surface area contributed by atoms with Crippen LogP contribution in [0.15, 0.2) is 47.4 Å². The molecule has 5 nitrogen and oxygen atoms in total. The van der Waals surface area contributed by atoms with Crippen molar-refractivity contribution in [1.29, 1.82) is 0 Å². The molecule has 0 spiro atoms. The van der Waals surface area contributed by atoms with Gasteiger partial charge in [0, 0.05) is 25.3 Å². The molecule has 1 N–H and O–H groups in total. The van der Waals surface area contributed by atoms with Crippen LogP contribution in [0.2, 0.25) is 0 Å². The van der Waals surface area contributed by atoms with Crippen LogP contribution in [0.25, 0.3) is 0 Å². The smallest absolute Gasteiger partial charge is 0.322 e. The standard InChI is InChI=1S/C17H17F3N2O3S/c1-11-7-8-14(26(24,25)22(2)3)10-15(11)16(23)21-13-6-4-5-12(9-13)17(18,19)20/h4-10H,1-3H3,(H,21,23). The second-order valence-corrected chi connectivity index (χ2v) is 7.95. The lowest BCUT2D eigenvalue weighted by atomic mass is 10.1. The molecular weight excluding hydrogens is 369 g/mol. The maximum Gasteiger partial charge on any atom is 0.416 e. The minimum Gasteiger partial charge on any atom is -0.322 e. The zero-order valence-corrected chi connectivity index (χ0v) is 15.1. The van der Waals surface area contributed by atoms with Crippen LogP contribution >= 0.6 is 0 Å². The van der Waals surface area contributed by atoms with E-state index in [1.165, 1.54) is 44.4 Å². The molecule has 2 rings (SSSR count). The molecule has 0 aliphatic heterocycles. The normalized spacial score (nSPS) is 12.3. The number of benzene rings is 2. The van der Waals surface area contributed by atoms with Gasteiger partial charge in [0.05, 0.1) is 10.5 Å². The molecule has 0 aliphatic carbocycles. The van der Waals surface area contributed by atoms with Crippen LogP contribution in [0.5, 0.6) is 0 Å². The first-order valence-corrected chi connectivity index (χ1v) is 8.88. The van der Waals surface area contributed by atoms with Gasteiger partial charge >= 0.3 is 6.18 Å². The highest BCUT2D eigenvalue weighted by molar-refractivity contribution is 7.89. The van der Waals surface area contributed by atoms with Gasteiger partial charge in [-0.3, -0.25) is 4.79 Å². The van der Waals surface area contributed by atoms with Crippen molar-refractivity contribution in [2.75, 3.05) is 19.4 Å². The fraction of sp³-hybridized carbons (Fsp3) is 0.235. The number of halogens is 3. The number of carbonyl (C=O) groups is 1. The Kier molecular flexibility index (Phi) is 5.43. The molecule has 0 atom stereocenters. The lowest BCUT2D eigenvalue weighted by Gasteiger charge is -2.14. The van der Waals surface area contributed by atoms with E-state index in [0.29, 0.717) is 5.56 Å². The Morgan fingerprint density at radius 2 is 1.73 bits per heavy atom. The van der Waals surface area contributed by atoms with Crippen LogP contribution in [0.4, 0.5) is 18.9 Å². The van der Waals surface area contributed by atoms with Crippen molar-refractivity contribution in [3.63, 3.8) is 0 Å². The molecule has 0 unspecified atom stereocenters. The Morgan fingerprint density at radius 1 is 1.08 bits per heavy atom. The van der Waals surface area contributed by atoms with E-state index in [4.69, 9.17) is 0 Å². The van der Waals surface area contributed by atoms with Crippen molar-refractivity contribution < 1.29 is 26.4 Å². The van der Waals surface area contributed by atoms with Gasteiger partial charge in [-0.2, -0.15) is 13.2 Å². The number of amides is 1. The summed E-state index contributed by atoms with van der Waals surface area (Å²) in [5, 5.41) is 2.37. The first-order chi connectivity index (χ1) is 11.9. The van der Waals surface area contributed by atoms with Crippen LogP contribution < -0.4 is 5.32 Å². The topological polar surface area (TPSA) is 66.5 Å². The Balaban J connectivity index is 2.36. The molecule has 0 aromatic heterocycles. The van der Waals surface area contributed by atoms with E-state index in [0.717, 1.165) is 16.4 Å². The third kappa shape index (κ3) is 4.23. The summed E-state index contributed by atoms with van der Waals surface area (Å²) in [5.74, 6) is -0.697. The van der Waals surface area contributed by atoms with Crippen molar-refractivity contribution in [3.05, 3.63) is 59.2 Å². The molecule has 0 bridgehead atoms. The lowest BCUT2D eigenvalue weighted by Crippen LogP contribution is -2.23. The van der Waals surface area contributed by atoms with E-state index < -0.39 is 27.7 Å². The zero-order chi connectivity index (χ0) is 19.7. The Labute approximate surface area is 149 Å². The van der Waals surface area contributed by atoms with E-state index in [1.54, 1.807) is 6.92 Å². The average molecular weight is 386 g/mol. The van der Waals surface area contributed by atoms with Gasteiger partial charge in [-0.25, -0.2) is 12.7 Å². The Hall–Kier alpha value is -2.39. The van der Waals surface area contributed by atoms with E-state index >= 15 is 0 Å². The molecule has 9 heteroatoms. The summed E-state index contributed by atoms with van der Waals surface area (Å²) in [5.41, 5.74) is -0.376. The summed E-state index contributed by atoms with van der Waals surface area (Å²) in [4.78, 5) is 12.4. The molecule has 2 aromatic carbocycles. The summed E-state index contributed by atoms with van der Waals surface area (Å²) >= 11 is 0. The fourth-order valence-electron chi connectivity index (χ4n) is 2.19. The third-order valence-corrected chi connectivity index (χ3v) is 5.49. The molecule has 0 saturated carbocycles. The van der Waals surface area contributed by atoms with E-state index in [-0.39, 0.29) is 16.1 Å². The highest BCUT2D eigenvalue weighted by atomic mass is 32.2. The quantitative estimate of drug-likeness (QED) is 0.874. The molecule has 2 aromatic rings. The molecule has 0 fully saturated rings. The predicted molar refractivity (Wildman–Crippen MR) is 91.4 cm³/mol. The summed E-state index contributed by atoms with van der Waals surface area (Å²) in [6.07, 6.45) is -4.53. The van der Waals surface area contributed by atoms with Crippen LogP contribution in [0.3, 0.4) is 0 Å². The number of aryl methyl sites for hydroxylation is 1. The Morgan fingerprint density at radius 3 is 2.31 bits per heavy atom. The molecular formula is C17H17F3N2O3S. The zero-order valence-electron chi connectivity index (χ0n) is 14.3. The van der Waals surface area contributed by atoms with E-state index in [9.17, 15) is 26.4 Å². The SMILES string of the molecule is Cc1ccc(S(=O)(=O)N(C)C)cc1C(=O)Nc1cccc(C(F)(F)F)c1. The van der Waals surface area contributed by atoms with Crippen LogP contribution in [-0.2, 0) is 16.2 Å². The summed E-state index contributed by atoms with van der Waals surface area (Å²) < 4.78 is 63.7. The first kappa shape index (κ1) is 19.9. The molecule has 0 radical (unpaired) electrons. The minimum atomic E-state index is -4.53. The average Bonchev–Trinajstić information content (AvgIpc) is 2.54.